The molecule has 0 aliphatic rings. The molecule has 16 nitrogen and oxygen atoms in total. The molecule has 0 radical (unpaired) electrons. The van der Waals surface area contributed by atoms with Crippen LogP contribution in [0.4, 0.5) is 34.9 Å². The van der Waals surface area contributed by atoms with Crippen LogP contribution in [0.1, 0.15) is 124 Å². The van der Waals surface area contributed by atoms with Gasteiger partial charge >= 0.3 is 29.8 Å². The lowest BCUT2D eigenvalue weighted by atomic mass is 9.98. The Kier molecular flexibility index (Phi) is 19.4. The third-order valence-corrected chi connectivity index (χ3v) is 9.12. The number of hydrogen-bond donors (Lipinski definition) is 3. The van der Waals surface area contributed by atoms with E-state index < -0.39 is 29.8 Å². The van der Waals surface area contributed by atoms with E-state index in [-0.39, 0.29) is 77.1 Å². The van der Waals surface area contributed by atoms with Crippen LogP contribution in [0, 0.1) is 21.7 Å². The number of anilines is 6. The van der Waals surface area contributed by atoms with Crippen LogP contribution in [0.25, 0.3) is 12.2 Å². The van der Waals surface area contributed by atoms with Crippen molar-refractivity contribution >= 4 is 76.9 Å². The molecule has 0 spiro atoms. The molecule has 3 N–H and O–H groups in total. The van der Waals surface area contributed by atoms with Gasteiger partial charge in [0, 0.05) is 17.1 Å². The molecule has 0 atom stereocenters. The number of carbonyl (C=O) groups is 5. The van der Waals surface area contributed by atoms with Gasteiger partial charge in [-0.2, -0.15) is 15.0 Å². The predicted octanol–water partition coefficient (Wildman–Crippen LogP) is 11.2. The van der Waals surface area contributed by atoms with Crippen molar-refractivity contribution in [1.29, 1.82) is 0 Å². The van der Waals surface area contributed by atoms with Crippen molar-refractivity contribution in [3.63, 3.8) is 0 Å². The normalized spacial score (nSPS) is 11.6. The summed E-state index contributed by atoms with van der Waals surface area (Å²) in [6, 6.07) is 20.4. The van der Waals surface area contributed by atoms with Crippen molar-refractivity contribution in [3.05, 3.63) is 101 Å². The molecular formula is C54H70N6O10. The number of carbonyl (C=O) groups excluding carboxylic acids is 5. The van der Waals surface area contributed by atoms with Gasteiger partial charge in [-0.1, -0.05) is 121 Å². The van der Waals surface area contributed by atoms with E-state index in [1.165, 1.54) is 12.2 Å². The molecule has 0 aliphatic heterocycles. The number of nitrogens with one attached hydrogen (secondary N) is 3. The zero-order chi connectivity index (χ0) is 51.9. The summed E-state index contributed by atoms with van der Waals surface area (Å²) in [6.45, 7) is 25.8. The Bertz CT molecular complexity index is 2290. The quantitative estimate of drug-likeness (QED) is 0.0188. The van der Waals surface area contributed by atoms with E-state index in [9.17, 15) is 24.0 Å². The van der Waals surface area contributed by atoms with Gasteiger partial charge in [0.25, 0.3) is 0 Å². The van der Waals surface area contributed by atoms with Crippen LogP contribution in [0.3, 0.4) is 0 Å². The summed E-state index contributed by atoms with van der Waals surface area (Å²) in [6.07, 6.45) is 4.54. The van der Waals surface area contributed by atoms with Gasteiger partial charge in [0.15, 0.2) is 0 Å². The van der Waals surface area contributed by atoms with Crippen molar-refractivity contribution < 1.29 is 47.7 Å². The molecule has 376 valence electrons. The van der Waals surface area contributed by atoms with E-state index in [4.69, 9.17) is 23.7 Å². The van der Waals surface area contributed by atoms with Crippen molar-refractivity contribution in [3.8, 4) is 0 Å². The zero-order valence-electron chi connectivity index (χ0n) is 43.0. The third kappa shape index (κ3) is 20.2. The molecule has 4 rings (SSSR count). The van der Waals surface area contributed by atoms with Crippen LogP contribution in [0.5, 0.6) is 0 Å². The summed E-state index contributed by atoms with van der Waals surface area (Å²) < 4.78 is 27.3. The maximum atomic E-state index is 13.2. The Morgan fingerprint density at radius 3 is 1.00 bits per heavy atom. The van der Waals surface area contributed by atoms with E-state index in [1.54, 1.807) is 72.8 Å². The molecule has 3 aromatic carbocycles. The van der Waals surface area contributed by atoms with Crippen LogP contribution in [0.15, 0.2) is 83.9 Å². The summed E-state index contributed by atoms with van der Waals surface area (Å²) in [4.78, 5) is 79.2. The lowest BCUT2D eigenvalue weighted by molar-refractivity contribution is -0.151. The second-order valence-electron chi connectivity index (χ2n) is 21.7. The highest BCUT2D eigenvalue weighted by molar-refractivity contribution is 6.18. The minimum Gasteiger partial charge on any atom is -0.462 e. The molecule has 70 heavy (non-hydrogen) atoms. The van der Waals surface area contributed by atoms with E-state index in [2.05, 4.69) is 30.9 Å². The van der Waals surface area contributed by atoms with Gasteiger partial charge in [-0.15, -0.1) is 0 Å². The third-order valence-electron chi connectivity index (χ3n) is 9.12. The lowest BCUT2D eigenvalue weighted by Crippen LogP contribution is -2.25. The SMILES string of the molecule is CCCCOC(=O)c1ccc(Nc2nc(Nc3ccc(C=C(C(=O)OCC(C)(C)C)C(=O)OCC(C)(C)C)cc3)nc(Nc3ccc(C=C(C(=O)OCC(C)(C)C)C(=O)OCC(C)(C)C)cc3)n2)cc1. The Hall–Kier alpha value is -7.10. The number of esters is 5. The molecule has 0 fully saturated rings. The monoisotopic (exact) mass is 963 g/mol. The summed E-state index contributed by atoms with van der Waals surface area (Å²) in [7, 11) is 0. The average molecular weight is 963 g/mol. The fourth-order valence-corrected chi connectivity index (χ4v) is 5.51. The molecule has 4 aromatic rings. The number of rotatable bonds is 20. The Morgan fingerprint density at radius 2 is 0.729 bits per heavy atom. The van der Waals surface area contributed by atoms with Gasteiger partial charge in [0.05, 0.1) is 38.6 Å². The molecule has 0 unspecified atom stereocenters. The van der Waals surface area contributed by atoms with Gasteiger partial charge in [-0.05, 0) is 99.9 Å². The van der Waals surface area contributed by atoms with Gasteiger partial charge in [0.2, 0.25) is 17.8 Å². The highest BCUT2D eigenvalue weighted by Crippen LogP contribution is 2.25. The van der Waals surface area contributed by atoms with E-state index in [0.29, 0.717) is 40.4 Å². The standard InChI is InChI=1S/C54H70N6O10/c1-14-15-28-66-43(61)37-20-26-40(27-21-37)57-50-59-48(55-38-22-16-35(17-23-38)29-41(44(62)67-31-51(2,3)4)45(63)68-32-52(5,6)7)58-49(60-50)56-39-24-18-36(19-25-39)30-42(46(64)69-33-53(8,9)10)47(65)70-34-54(11,12)13/h16-27,29-30H,14-15,28,31-34H2,1-13H3,(H3,55,56,57,58,59,60). The Morgan fingerprint density at radius 1 is 0.443 bits per heavy atom. The summed E-state index contributed by atoms with van der Waals surface area (Å²) >= 11 is 0. The number of benzene rings is 3. The number of aromatic nitrogens is 3. The lowest BCUT2D eigenvalue weighted by Gasteiger charge is -2.20. The molecule has 1 aromatic heterocycles. The molecular weight excluding hydrogens is 893 g/mol. The molecule has 16 heteroatoms. The zero-order valence-corrected chi connectivity index (χ0v) is 43.0. The van der Waals surface area contributed by atoms with Crippen LogP contribution >= 0.6 is 0 Å². The maximum Gasteiger partial charge on any atom is 0.345 e. The number of nitrogens with zero attached hydrogens (tertiary/aromatic N) is 3. The first-order chi connectivity index (χ1) is 32.6. The largest absolute Gasteiger partial charge is 0.462 e. The summed E-state index contributed by atoms with van der Waals surface area (Å²) in [5.74, 6) is -3.13. The highest BCUT2D eigenvalue weighted by Gasteiger charge is 2.27. The van der Waals surface area contributed by atoms with Crippen molar-refractivity contribution in [1.82, 2.24) is 15.0 Å². The molecule has 1 heterocycles. The maximum absolute atomic E-state index is 13.2. The van der Waals surface area contributed by atoms with Gasteiger partial charge in [-0.25, -0.2) is 24.0 Å². The minimum absolute atomic E-state index is 0.104. The Balaban J connectivity index is 1.65. The van der Waals surface area contributed by atoms with Crippen LogP contribution in [-0.4, -0.2) is 77.8 Å². The fraction of sp³-hybridized carbons (Fsp3) is 0.444. The predicted molar refractivity (Wildman–Crippen MR) is 272 cm³/mol. The Labute approximate surface area is 412 Å². The number of unbranched alkanes of at least 4 members (excludes halogenated alkanes) is 1. The van der Waals surface area contributed by atoms with E-state index in [1.807, 2.05) is 90.0 Å². The van der Waals surface area contributed by atoms with E-state index in [0.717, 1.165) is 12.8 Å². The van der Waals surface area contributed by atoms with Crippen molar-refractivity contribution in [2.24, 2.45) is 21.7 Å². The summed E-state index contributed by atoms with van der Waals surface area (Å²) in [5, 5.41) is 9.56. The van der Waals surface area contributed by atoms with Crippen molar-refractivity contribution in [2.45, 2.75) is 103 Å². The van der Waals surface area contributed by atoms with Gasteiger partial charge in [-0.3, -0.25) is 0 Å². The molecule has 0 amide bonds. The highest BCUT2D eigenvalue weighted by atomic mass is 16.6. The molecule has 0 aliphatic carbocycles. The first-order valence-electron chi connectivity index (χ1n) is 23.3. The molecule has 0 saturated carbocycles. The van der Waals surface area contributed by atoms with E-state index >= 15 is 0 Å². The first-order valence-corrected chi connectivity index (χ1v) is 23.3. The smallest absolute Gasteiger partial charge is 0.345 e. The van der Waals surface area contributed by atoms with Gasteiger partial charge < -0.3 is 39.6 Å². The average Bonchev–Trinajstić information content (AvgIpc) is 3.27. The summed E-state index contributed by atoms with van der Waals surface area (Å²) in [5.41, 5.74) is 1.42. The minimum atomic E-state index is -0.786. The number of hydrogen-bond acceptors (Lipinski definition) is 16. The molecule has 0 bridgehead atoms. The van der Waals surface area contributed by atoms with Crippen molar-refractivity contribution in [2.75, 3.05) is 49.0 Å². The molecule has 0 saturated heterocycles. The van der Waals surface area contributed by atoms with Crippen LogP contribution in [-0.2, 0) is 42.9 Å². The van der Waals surface area contributed by atoms with Crippen LogP contribution in [0.2, 0.25) is 0 Å². The second kappa shape index (κ2) is 24.4. The van der Waals surface area contributed by atoms with Crippen LogP contribution < -0.4 is 16.0 Å². The van der Waals surface area contributed by atoms with Gasteiger partial charge in [0.1, 0.15) is 11.1 Å². The first kappa shape index (κ1) is 55.5. The number of ether oxygens (including phenoxy) is 5. The topological polar surface area (TPSA) is 206 Å². The second-order valence-corrected chi connectivity index (χ2v) is 21.7. The fourth-order valence-electron chi connectivity index (χ4n) is 5.51.